The first kappa shape index (κ1) is 13.7. The van der Waals surface area contributed by atoms with Crippen molar-refractivity contribution in [3.63, 3.8) is 0 Å². The van der Waals surface area contributed by atoms with Crippen LogP contribution in [-0.2, 0) is 12.8 Å². The second-order valence-corrected chi connectivity index (χ2v) is 5.26. The van der Waals surface area contributed by atoms with Crippen molar-refractivity contribution in [2.75, 3.05) is 0 Å². The van der Waals surface area contributed by atoms with Crippen molar-refractivity contribution in [1.82, 2.24) is 0 Å². The Hall–Kier alpha value is -1.76. The molecule has 19 heavy (non-hydrogen) atoms. The van der Waals surface area contributed by atoms with E-state index in [2.05, 4.69) is 38.1 Å². The van der Waals surface area contributed by atoms with Gasteiger partial charge in [0.05, 0.1) is 0 Å². The van der Waals surface area contributed by atoms with Crippen LogP contribution in [0.2, 0.25) is 0 Å². The molecule has 1 atom stereocenters. The Balaban J connectivity index is 2.02. The van der Waals surface area contributed by atoms with E-state index in [4.69, 9.17) is 0 Å². The van der Waals surface area contributed by atoms with E-state index in [1.165, 1.54) is 23.1 Å². The minimum Gasteiger partial charge on any atom is -0.508 e. The molecule has 0 aliphatic rings. The van der Waals surface area contributed by atoms with E-state index in [0.717, 1.165) is 12.8 Å². The summed E-state index contributed by atoms with van der Waals surface area (Å²) in [6.07, 6.45) is 3.36. The Morgan fingerprint density at radius 3 is 2.05 bits per heavy atom. The molecule has 100 valence electrons. The van der Waals surface area contributed by atoms with E-state index >= 15 is 0 Å². The fraction of sp³-hybridized carbons (Fsp3) is 0.333. The molecule has 0 aliphatic heterocycles. The topological polar surface area (TPSA) is 20.2 Å². The maximum atomic E-state index is 9.29. The number of aromatic hydroxyl groups is 1. The highest BCUT2D eigenvalue weighted by Crippen LogP contribution is 2.22. The second kappa shape index (κ2) is 6.42. The molecule has 0 radical (unpaired) electrons. The highest BCUT2D eigenvalue weighted by Gasteiger charge is 2.06. The third-order valence-electron chi connectivity index (χ3n) is 3.57. The minimum atomic E-state index is 0.334. The van der Waals surface area contributed by atoms with Crippen LogP contribution >= 0.6 is 0 Å². The number of phenolic OH excluding ortho intramolecular Hbond substituents is 1. The Morgan fingerprint density at radius 1 is 0.895 bits per heavy atom. The summed E-state index contributed by atoms with van der Waals surface area (Å²) in [4.78, 5) is 0. The van der Waals surface area contributed by atoms with E-state index in [-0.39, 0.29) is 0 Å². The van der Waals surface area contributed by atoms with E-state index < -0.39 is 0 Å². The van der Waals surface area contributed by atoms with Gasteiger partial charge in [0.15, 0.2) is 0 Å². The van der Waals surface area contributed by atoms with Crippen molar-refractivity contribution in [3.05, 3.63) is 65.2 Å². The molecule has 0 aliphatic carbocycles. The lowest BCUT2D eigenvalue weighted by molar-refractivity contribution is 0.475. The summed E-state index contributed by atoms with van der Waals surface area (Å²) in [6, 6.07) is 16.5. The van der Waals surface area contributed by atoms with Crippen LogP contribution in [0.25, 0.3) is 0 Å². The molecule has 0 fully saturated rings. The van der Waals surface area contributed by atoms with E-state index in [1.807, 2.05) is 12.1 Å². The van der Waals surface area contributed by atoms with Crippen molar-refractivity contribution in [1.29, 1.82) is 0 Å². The zero-order chi connectivity index (χ0) is 13.7. The summed E-state index contributed by atoms with van der Waals surface area (Å²) in [5.41, 5.74) is 4.07. The van der Waals surface area contributed by atoms with Crippen molar-refractivity contribution >= 4 is 0 Å². The predicted octanol–water partition coefficient (Wildman–Crippen LogP) is 4.69. The zero-order valence-corrected chi connectivity index (χ0v) is 11.8. The second-order valence-electron chi connectivity index (χ2n) is 5.26. The smallest absolute Gasteiger partial charge is 0.115 e. The molecule has 0 aromatic heterocycles. The van der Waals surface area contributed by atoms with Crippen molar-refractivity contribution in [2.24, 2.45) is 0 Å². The van der Waals surface area contributed by atoms with Crippen LogP contribution in [0.5, 0.6) is 5.75 Å². The van der Waals surface area contributed by atoms with Crippen molar-refractivity contribution in [3.8, 4) is 5.75 Å². The average Bonchev–Trinajstić information content (AvgIpc) is 2.42. The Morgan fingerprint density at radius 2 is 1.47 bits per heavy atom. The van der Waals surface area contributed by atoms with Gasteiger partial charge in [-0.3, -0.25) is 0 Å². The number of aryl methyl sites for hydroxylation is 1. The molecular weight excluding hydrogens is 232 g/mol. The normalized spacial score (nSPS) is 12.3. The lowest BCUT2D eigenvalue weighted by atomic mass is 9.93. The number of benzene rings is 2. The van der Waals surface area contributed by atoms with Gasteiger partial charge in [-0.1, -0.05) is 56.7 Å². The molecule has 2 aromatic carbocycles. The Kier molecular flexibility index (Phi) is 4.62. The maximum absolute atomic E-state index is 9.29. The molecule has 1 nitrogen and oxygen atoms in total. The van der Waals surface area contributed by atoms with E-state index in [0.29, 0.717) is 11.7 Å². The molecule has 0 spiro atoms. The molecule has 0 heterocycles. The van der Waals surface area contributed by atoms with Gasteiger partial charge in [0.1, 0.15) is 5.75 Å². The van der Waals surface area contributed by atoms with Gasteiger partial charge >= 0.3 is 0 Å². The highest BCUT2D eigenvalue weighted by atomic mass is 16.3. The largest absolute Gasteiger partial charge is 0.508 e. The molecule has 1 heteroatoms. The first-order chi connectivity index (χ1) is 9.19. The quantitative estimate of drug-likeness (QED) is 0.820. The van der Waals surface area contributed by atoms with Crippen molar-refractivity contribution in [2.45, 2.75) is 39.0 Å². The molecule has 2 rings (SSSR count). The van der Waals surface area contributed by atoms with Gasteiger partial charge in [-0.05, 0) is 47.6 Å². The Bertz CT molecular complexity index is 496. The van der Waals surface area contributed by atoms with Gasteiger partial charge in [-0.25, -0.2) is 0 Å². The van der Waals surface area contributed by atoms with Gasteiger partial charge in [0, 0.05) is 0 Å². The molecule has 0 amide bonds. The van der Waals surface area contributed by atoms with Gasteiger partial charge in [-0.2, -0.15) is 0 Å². The van der Waals surface area contributed by atoms with Gasteiger partial charge < -0.3 is 5.11 Å². The molecule has 1 N–H and O–H groups in total. The average molecular weight is 254 g/mol. The SMILES string of the molecule is CCCc1ccc(C(C)Cc2ccc(O)cc2)cc1. The van der Waals surface area contributed by atoms with Crippen LogP contribution in [0.4, 0.5) is 0 Å². The third kappa shape index (κ3) is 3.85. The fourth-order valence-electron chi connectivity index (χ4n) is 2.40. The third-order valence-corrected chi connectivity index (χ3v) is 3.57. The lowest BCUT2D eigenvalue weighted by Crippen LogP contribution is -1.98. The number of hydrogen-bond acceptors (Lipinski definition) is 1. The van der Waals surface area contributed by atoms with Crippen LogP contribution in [0.1, 0.15) is 42.9 Å². The van der Waals surface area contributed by atoms with Crippen molar-refractivity contribution < 1.29 is 5.11 Å². The highest BCUT2D eigenvalue weighted by molar-refractivity contribution is 5.30. The molecule has 0 saturated carbocycles. The van der Waals surface area contributed by atoms with Crippen LogP contribution in [-0.4, -0.2) is 5.11 Å². The molecule has 0 bridgehead atoms. The lowest BCUT2D eigenvalue weighted by Gasteiger charge is -2.13. The number of phenols is 1. The molecule has 2 aromatic rings. The van der Waals surface area contributed by atoms with Gasteiger partial charge in [0.2, 0.25) is 0 Å². The molecule has 1 unspecified atom stereocenters. The summed E-state index contributed by atoms with van der Waals surface area (Å²) in [5, 5.41) is 9.29. The Labute approximate surface area is 115 Å². The van der Waals surface area contributed by atoms with Gasteiger partial charge in [-0.15, -0.1) is 0 Å². The minimum absolute atomic E-state index is 0.334. The molecule has 0 saturated heterocycles. The van der Waals surface area contributed by atoms with E-state index in [9.17, 15) is 5.11 Å². The fourth-order valence-corrected chi connectivity index (χ4v) is 2.40. The van der Waals surface area contributed by atoms with Crippen LogP contribution in [0, 0.1) is 0 Å². The summed E-state index contributed by atoms with van der Waals surface area (Å²) in [6.45, 7) is 4.46. The van der Waals surface area contributed by atoms with Crippen LogP contribution < -0.4 is 0 Å². The molecular formula is C18H22O. The standard InChI is InChI=1S/C18H22O/c1-3-4-15-5-9-17(10-6-15)14(2)13-16-7-11-18(19)12-8-16/h5-12,14,19H,3-4,13H2,1-2H3. The predicted molar refractivity (Wildman–Crippen MR) is 80.7 cm³/mol. The first-order valence-electron chi connectivity index (χ1n) is 7.05. The zero-order valence-electron chi connectivity index (χ0n) is 11.8. The maximum Gasteiger partial charge on any atom is 0.115 e. The number of rotatable bonds is 5. The number of hydrogen-bond donors (Lipinski definition) is 1. The summed E-state index contributed by atoms with van der Waals surface area (Å²) in [5.74, 6) is 0.834. The van der Waals surface area contributed by atoms with Crippen LogP contribution in [0.3, 0.4) is 0 Å². The van der Waals surface area contributed by atoms with Gasteiger partial charge in [0.25, 0.3) is 0 Å². The van der Waals surface area contributed by atoms with Crippen LogP contribution in [0.15, 0.2) is 48.5 Å². The summed E-state index contributed by atoms with van der Waals surface area (Å²) < 4.78 is 0. The van der Waals surface area contributed by atoms with E-state index in [1.54, 1.807) is 12.1 Å². The summed E-state index contributed by atoms with van der Waals surface area (Å²) >= 11 is 0. The summed E-state index contributed by atoms with van der Waals surface area (Å²) in [7, 11) is 0. The first-order valence-corrected chi connectivity index (χ1v) is 7.05. The monoisotopic (exact) mass is 254 g/mol.